The molecule has 0 radical (unpaired) electrons. The van der Waals surface area contributed by atoms with Gasteiger partial charge in [-0.25, -0.2) is 0 Å². The molecule has 0 unspecified atom stereocenters. The molecule has 35 heavy (non-hydrogen) atoms. The Hall–Kier alpha value is -3.46. The number of carbonyl (C=O) groups is 3. The second-order valence-electron chi connectivity index (χ2n) is 8.79. The molecule has 0 spiro atoms. The van der Waals surface area contributed by atoms with Crippen LogP contribution in [0.3, 0.4) is 0 Å². The summed E-state index contributed by atoms with van der Waals surface area (Å²) >= 11 is 1.57. The van der Waals surface area contributed by atoms with Crippen molar-refractivity contribution in [2.75, 3.05) is 17.3 Å². The Morgan fingerprint density at radius 1 is 1.00 bits per heavy atom. The van der Waals surface area contributed by atoms with Gasteiger partial charge in [-0.1, -0.05) is 18.6 Å². The number of benzene rings is 2. The van der Waals surface area contributed by atoms with E-state index in [1.165, 1.54) is 6.42 Å². The third kappa shape index (κ3) is 4.48. The third-order valence-corrected chi connectivity index (χ3v) is 7.20. The lowest BCUT2D eigenvalue weighted by atomic mass is 10.1. The summed E-state index contributed by atoms with van der Waals surface area (Å²) in [5, 5.41) is 11.7. The molecule has 180 valence electrons. The Bertz CT molecular complexity index is 1240. The van der Waals surface area contributed by atoms with Crippen molar-refractivity contribution in [1.82, 2.24) is 19.7 Å². The van der Waals surface area contributed by atoms with E-state index < -0.39 is 17.9 Å². The Labute approximate surface area is 208 Å². The van der Waals surface area contributed by atoms with Crippen LogP contribution in [0.4, 0.5) is 5.69 Å². The number of hydrogen-bond acceptors (Lipinski definition) is 6. The van der Waals surface area contributed by atoms with Crippen molar-refractivity contribution in [2.45, 2.75) is 44.7 Å². The maximum atomic E-state index is 13.3. The number of hydrogen-bond donors (Lipinski definition) is 1. The topological polar surface area (TPSA) is 97.2 Å². The number of amides is 3. The van der Waals surface area contributed by atoms with E-state index in [0.717, 1.165) is 47.9 Å². The Morgan fingerprint density at radius 2 is 1.71 bits per heavy atom. The van der Waals surface area contributed by atoms with Crippen molar-refractivity contribution in [3.8, 4) is 11.4 Å². The standard InChI is InChI=1S/C26H27N5O3S/c1-35-16-14-21(31-25(33)19-7-4-5-8-20(19)26(31)34)24(32)27-18-12-10-17(11-13-18)23-29-28-22-9-3-2-6-15-30(22)23/h4-5,7-8,10-13,21H,2-3,6,9,14-16H2,1H3,(H,27,32)/t21-/m0/s1. The quantitative estimate of drug-likeness (QED) is 0.504. The highest BCUT2D eigenvalue weighted by Crippen LogP contribution is 2.28. The van der Waals surface area contributed by atoms with Gasteiger partial charge in [0.15, 0.2) is 5.82 Å². The molecule has 3 heterocycles. The van der Waals surface area contributed by atoms with Gasteiger partial charge in [0, 0.05) is 24.2 Å². The summed E-state index contributed by atoms with van der Waals surface area (Å²) in [7, 11) is 0. The average Bonchev–Trinajstić information content (AvgIpc) is 3.28. The Morgan fingerprint density at radius 3 is 2.40 bits per heavy atom. The molecule has 3 aromatic rings. The lowest BCUT2D eigenvalue weighted by Gasteiger charge is -2.25. The number of aryl methyl sites for hydroxylation is 1. The van der Waals surface area contributed by atoms with Gasteiger partial charge in [-0.3, -0.25) is 19.3 Å². The van der Waals surface area contributed by atoms with Gasteiger partial charge in [-0.15, -0.1) is 10.2 Å². The summed E-state index contributed by atoms with van der Waals surface area (Å²) in [5.41, 5.74) is 2.22. The van der Waals surface area contributed by atoms with Gasteiger partial charge >= 0.3 is 0 Å². The first-order valence-electron chi connectivity index (χ1n) is 11.9. The van der Waals surface area contributed by atoms with E-state index in [1.54, 1.807) is 36.0 Å². The van der Waals surface area contributed by atoms with E-state index >= 15 is 0 Å². The second kappa shape index (κ2) is 10.0. The van der Waals surface area contributed by atoms with Crippen molar-refractivity contribution in [2.24, 2.45) is 0 Å². The molecule has 5 rings (SSSR count). The van der Waals surface area contributed by atoms with Crippen LogP contribution in [-0.2, 0) is 17.8 Å². The molecule has 1 N–H and O–H groups in total. The summed E-state index contributed by atoms with van der Waals surface area (Å²) in [6.45, 7) is 0.910. The van der Waals surface area contributed by atoms with E-state index in [4.69, 9.17) is 0 Å². The molecule has 0 saturated heterocycles. The first-order chi connectivity index (χ1) is 17.1. The van der Waals surface area contributed by atoms with Gasteiger partial charge in [0.25, 0.3) is 11.8 Å². The van der Waals surface area contributed by atoms with Gasteiger partial charge in [0.05, 0.1) is 11.1 Å². The zero-order valence-electron chi connectivity index (χ0n) is 19.6. The third-order valence-electron chi connectivity index (χ3n) is 6.56. The van der Waals surface area contributed by atoms with Crippen LogP contribution >= 0.6 is 11.8 Å². The van der Waals surface area contributed by atoms with E-state index in [-0.39, 0.29) is 5.91 Å². The predicted molar refractivity (Wildman–Crippen MR) is 135 cm³/mol. The lowest BCUT2D eigenvalue weighted by molar-refractivity contribution is -0.120. The monoisotopic (exact) mass is 489 g/mol. The lowest BCUT2D eigenvalue weighted by Crippen LogP contribution is -2.47. The first kappa shape index (κ1) is 23.3. The molecular formula is C26H27N5O3S. The number of imide groups is 1. The van der Waals surface area contributed by atoms with Crippen molar-refractivity contribution >= 4 is 35.2 Å². The molecule has 9 heteroatoms. The second-order valence-corrected chi connectivity index (χ2v) is 9.78. The largest absolute Gasteiger partial charge is 0.324 e. The maximum Gasteiger partial charge on any atom is 0.262 e. The summed E-state index contributed by atoms with van der Waals surface area (Å²) in [6.07, 6.45) is 6.69. The number of carbonyl (C=O) groups excluding carboxylic acids is 3. The van der Waals surface area contributed by atoms with Gasteiger partial charge in [0.2, 0.25) is 5.91 Å². The fourth-order valence-electron chi connectivity index (χ4n) is 4.72. The molecule has 0 aliphatic carbocycles. The van der Waals surface area contributed by atoms with Crippen LogP contribution in [0.25, 0.3) is 11.4 Å². The molecule has 0 fully saturated rings. The van der Waals surface area contributed by atoms with Crippen LogP contribution in [0.5, 0.6) is 0 Å². The number of rotatable bonds is 7. The van der Waals surface area contributed by atoms with Gasteiger partial charge in [-0.05, 0) is 67.7 Å². The van der Waals surface area contributed by atoms with Crippen LogP contribution in [0.15, 0.2) is 48.5 Å². The molecule has 8 nitrogen and oxygen atoms in total. The highest BCUT2D eigenvalue weighted by Gasteiger charge is 2.42. The number of nitrogens with one attached hydrogen (secondary N) is 1. The number of aromatic nitrogens is 3. The number of thioether (sulfide) groups is 1. The van der Waals surface area contributed by atoms with Crippen LogP contribution < -0.4 is 5.32 Å². The molecule has 2 aliphatic rings. The van der Waals surface area contributed by atoms with Gasteiger partial charge < -0.3 is 9.88 Å². The highest BCUT2D eigenvalue weighted by atomic mass is 32.2. The van der Waals surface area contributed by atoms with Gasteiger partial charge in [-0.2, -0.15) is 11.8 Å². The SMILES string of the molecule is CSCC[C@@H](C(=O)Nc1ccc(-c2nnc3n2CCCCC3)cc1)N1C(=O)c2ccccc2C1=O. The normalized spacial score (nSPS) is 16.0. The van der Waals surface area contributed by atoms with Crippen LogP contribution in [0.1, 0.15) is 52.2 Å². The highest BCUT2D eigenvalue weighted by molar-refractivity contribution is 7.98. The molecule has 0 saturated carbocycles. The van der Waals surface area contributed by atoms with Gasteiger partial charge in [0.1, 0.15) is 11.9 Å². The smallest absolute Gasteiger partial charge is 0.262 e. The van der Waals surface area contributed by atoms with Crippen molar-refractivity contribution < 1.29 is 14.4 Å². The van der Waals surface area contributed by atoms with E-state index in [9.17, 15) is 14.4 Å². The van der Waals surface area contributed by atoms with Crippen molar-refractivity contribution in [3.05, 3.63) is 65.5 Å². The molecular weight excluding hydrogens is 462 g/mol. The molecule has 3 amide bonds. The predicted octanol–water partition coefficient (Wildman–Crippen LogP) is 4.03. The Kier molecular flexibility index (Phi) is 6.68. The molecule has 2 aliphatic heterocycles. The molecule has 0 bridgehead atoms. The zero-order valence-corrected chi connectivity index (χ0v) is 20.4. The van der Waals surface area contributed by atoms with E-state index in [0.29, 0.717) is 29.0 Å². The average molecular weight is 490 g/mol. The fourth-order valence-corrected chi connectivity index (χ4v) is 5.18. The van der Waals surface area contributed by atoms with Crippen molar-refractivity contribution in [1.29, 1.82) is 0 Å². The minimum Gasteiger partial charge on any atom is -0.324 e. The first-order valence-corrected chi connectivity index (χ1v) is 13.3. The molecule has 2 aromatic carbocycles. The summed E-state index contributed by atoms with van der Waals surface area (Å²) in [5.74, 6) is 1.28. The fraction of sp³-hybridized carbons (Fsp3) is 0.346. The molecule has 1 atom stereocenters. The minimum absolute atomic E-state index is 0.344. The zero-order chi connectivity index (χ0) is 24.4. The van der Waals surface area contributed by atoms with E-state index in [2.05, 4.69) is 20.1 Å². The Balaban J connectivity index is 1.34. The van der Waals surface area contributed by atoms with Crippen LogP contribution in [-0.4, -0.2) is 55.4 Å². The summed E-state index contributed by atoms with van der Waals surface area (Å²) in [6, 6.07) is 13.3. The summed E-state index contributed by atoms with van der Waals surface area (Å²) < 4.78 is 2.18. The molecule has 1 aromatic heterocycles. The maximum absolute atomic E-state index is 13.3. The summed E-state index contributed by atoms with van der Waals surface area (Å²) in [4.78, 5) is 40.4. The number of nitrogens with zero attached hydrogens (tertiary/aromatic N) is 4. The minimum atomic E-state index is -0.887. The van der Waals surface area contributed by atoms with Crippen LogP contribution in [0.2, 0.25) is 0 Å². The number of anilines is 1. The van der Waals surface area contributed by atoms with Crippen molar-refractivity contribution in [3.63, 3.8) is 0 Å². The van der Waals surface area contributed by atoms with Crippen LogP contribution in [0, 0.1) is 0 Å². The van der Waals surface area contributed by atoms with E-state index in [1.807, 2.05) is 30.5 Å². The number of fused-ring (bicyclic) bond motifs is 2.